The fraction of sp³-hybridized carbons (Fsp3) is 0.500. The smallest absolute Gasteiger partial charge is 0.269 e. The van der Waals surface area contributed by atoms with Crippen LogP contribution in [0.5, 0.6) is 0 Å². The van der Waals surface area contributed by atoms with E-state index in [0.29, 0.717) is 12.8 Å². The molecule has 1 aromatic rings. The fourth-order valence-electron chi connectivity index (χ4n) is 2.36. The van der Waals surface area contributed by atoms with Crippen LogP contribution < -0.4 is 10.6 Å². The number of piperidine rings is 1. The van der Waals surface area contributed by atoms with Crippen LogP contribution >= 0.6 is 12.4 Å². The maximum atomic E-state index is 11.8. The molecule has 0 saturated carbocycles. The summed E-state index contributed by atoms with van der Waals surface area (Å²) in [4.78, 5) is 22.1. The Morgan fingerprint density at radius 3 is 2.95 bits per heavy atom. The van der Waals surface area contributed by atoms with Gasteiger partial charge in [0.1, 0.15) is 0 Å². The number of carbonyl (C=O) groups is 1. The molecular weight excluding hydrogens is 294 g/mol. The molecule has 1 saturated heterocycles. The van der Waals surface area contributed by atoms with Crippen molar-refractivity contribution in [3.05, 3.63) is 39.9 Å². The third-order valence-electron chi connectivity index (χ3n) is 3.42. The Bertz CT molecular complexity index is 490. The van der Waals surface area contributed by atoms with Crippen LogP contribution in [0.1, 0.15) is 24.8 Å². The van der Waals surface area contributed by atoms with Crippen LogP contribution in [0.2, 0.25) is 0 Å². The second kappa shape index (κ2) is 8.59. The molecule has 1 aromatic carbocycles. The van der Waals surface area contributed by atoms with Crippen LogP contribution in [-0.2, 0) is 11.2 Å². The van der Waals surface area contributed by atoms with Gasteiger partial charge >= 0.3 is 0 Å². The predicted molar refractivity (Wildman–Crippen MR) is 82.7 cm³/mol. The highest BCUT2D eigenvalue weighted by molar-refractivity contribution is 5.85. The van der Waals surface area contributed by atoms with Crippen LogP contribution in [0.15, 0.2) is 24.3 Å². The topological polar surface area (TPSA) is 84.3 Å². The minimum absolute atomic E-state index is 0. The lowest BCUT2D eigenvalue weighted by Gasteiger charge is -2.23. The van der Waals surface area contributed by atoms with Crippen molar-refractivity contribution in [3.8, 4) is 0 Å². The second-order valence-electron chi connectivity index (χ2n) is 5.04. The van der Waals surface area contributed by atoms with Crippen molar-refractivity contribution in [3.63, 3.8) is 0 Å². The van der Waals surface area contributed by atoms with E-state index >= 15 is 0 Å². The SMILES string of the molecule is Cl.O=C(CCc1cccc([N+](=O)[O-])c1)NC1CCCNC1. The first kappa shape index (κ1) is 17.4. The summed E-state index contributed by atoms with van der Waals surface area (Å²) in [6.45, 7) is 1.84. The summed E-state index contributed by atoms with van der Waals surface area (Å²) in [5.74, 6) is 0.00482. The Morgan fingerprint density at radius 2 is 2.29 bits per heavy atom. The van der Waals surface area contributed by atoms with Gasteiger partial charge in [-0.05, 0) is 31.4 Å². The highest BCUT2D eigenvalue weighted by Gasteiger charge is 2.15. The summed E-state index contributed by atoms with van der Waals surface area (Å²) in [6.07, 6.45) is 2.97. The first-order valence-corrected chi connectivity index (χ1v) is 6.88. The van der Waals surface area contributed by atoms with E-state index in [2.05, 4.69) is 10.6 Å². The molecule has 1 heterocycles. The zero-order chi connectivity index (χ0) is 14.4. The molecule has 0 aliphatic carbocycles. The van der Waals surface area contributed by atoms with E-state index in [1.807, 2.05) is 6.07 Å². The third-order valence-corrected chi connectivity index (χ3v) is 3.42. The van der Waals surface area contributed by atoms with Crippen molar-refractivity contribution < 1.29 is 9.72 Å². The van der Waals surface area contributed by atoms with Crippen LogP contribution in [0.3, 0.4) is 0 Å². The van der Waals surface area contributed by atoms with Crippen molar-refractivity contribution in [2.45, 2.75) is 31.7 Å². The van der Waals surface area contributed by atoms with Crippen LogP contribution in [0.25, 0.3) is 0 Å². The van der Waals surface area contributed by atoms with Gasteiger partial charge in [-0.3, -0.25) is 14.9 Å². The number of benzene rings is 1. The number of nitro groups is 1. The monoisotopic (exact) mass is 313 g/mol. The van der Waals surface area contributed by atoms with Gasteiger partial charge in [0.15, 0.2) is 0 Å². The van der Waals surface area contributed by atoms with E-state index in [1.54, 1.807) is 6.07 Å². The lowest BCUT2D eigenvalue weighted by Crippen LogP contribution is -2.45. The molecule has 1 fully saturated rings. The zero-order valence-corrected chi connectivity index (χ0v) is 12.5. The molecule has 1 aliphatic rings. The van der Waals surface area contributed by atoms with Gasteiger partial charge in [0.05, 0.1) is 4.92 Å². The van der Waals surface area contributed by atoms with E-state index in [9.17, 15) is 14.9 Å². The molecule has 0 bridgehead atoms. The van der Waals surface area contributed by atoms with Gasteiger partial charge in [0, 0.05) is 31.1 Å². The molecule has 1 amide bonds. The molecule has 21 heavy (non-hydrogen) atoms. The van der Waals surface area contributed by atoms with E-state index < -0.39 is 4.92 Å². The summed E-state index contributed by atoms with van der Waals surface area (Å²) in [6, 6.07) is 6.65. The maximum absolute atomic E-state index is 11.8. The van der Waals surface area contributed by atoms with Crippen LogP contribution in [0, 0.1) is 10.1 Å². The molecule has 0 aromatic heterocycles. The average Bonchev–Trinajstić information content (AvgIpc) is 2.46. The molecule has 0 spiro atoms. The lowest BCUT2D eigenvalue weighted by atomic mass is 10.1. The number of aryl methyl sites for hydroxylation is 1. The van der Waals surface area contributed by atoms with E-state index in [-0.39, 0.29) is 30.0 Å². The molecule has 2 N–H and O–H groups in total. The number of nitrogens with one attached hydrogen (secondary N) is 2. The van der Waals surface area contributed by atoms with Crippen LogP contribution in [-0.4, -0.2) is 30.0 Å². The van der Waals surface area contributed by atoms with Crippen molar-refractivity contribution in [1.82, 2.24) is 10.6 Å². The Kier molecular flexibility index (Phi) is 7.11. The lowest BCUT2D eigenvalue weighted by molar-refractivity contribution is -0.384. The number of amides is 1. The van der Waals surface area contributed by atoms with Crippen molar-refractivity contribution >= 4 is 24.0 Å². The first-order valence-electron chi connectivity index (χ1n) is 6.88. The number of hydrogen-bond acceptors (Lipinski definition) is 4. The number of halogens is 1. The van der Waals surface area contributed by atoms with Crippen molar-refractivity contribution in [2.24, 2.45) is 0 Å². The molecule has 0 radical (unpaired) electrons. The highest BCUT2D eigenvalue weighted by Crippen LogP contribution is 2.14. The molecule has 7 heteroatoms. The normalized spacial score (nSPS) is 17.6. The average molecular weight is 314 g/mol. The van der Waals surface area contributed by atoms with E-state index in [0.717, 1.165) is 31.5 Å². The summed E-state index contributed by atoms with van der Waals surface area (Å²) in [5.41, 5.74) is 0.885. The molecule has 1 unspecified atom stereocenters. The number of hydrogen-bond donors (Lipinski definition) is 2. The van der Waals surface area contributed by atoms with Crippen molar-refractivity contribution in [2.75, 3.05) is 13.1 Å². The van der Waals surface area contributed by atoms with Gasteiger partial charge in [0.25, 0.3) is 5.69 Å². The fourth-order valence-corrected chi connectivity index (χ4v) is 2.36. The van der Waals surface area contributed by atoms with E-state index in [1.165, 1.54) is 12.1 Å². The van der Waals surface area contributed by atoms with Gasteiger partial charge in [-0.2, -0.15) is 0 Å². The summed E-state index contributed by atoms with van der Waals surface area (Å²) in [5, 5.41) is 16.9. The van der Waals surface area contributed by atoms with Gasteiger partial charge in [-0.15, -0.1) is 12.4 Å². The number of nitrogens with zero attached hydrogens (tertiary/aromatic N) is 1. The minimum Gasteiger partial charge on any atom is -0.352 e. The molecule has 116 valence electrons. The predicted octanol–water partition coefficient (Wildman–Crippen LogP) is 1.82. The molecule has 6 nitrogen and oxygen atoms in total. The second-order valence-corrected chi connectivity index (χ2v) is 5.04. The number of rotatable bonds is 5. The summed E-state index contributed by atoms with van der Waals surface area (Å²) in [7, 11) is 0. The number of nitro benzene ring substituents is 1. The third kappa shape index (κ3) is 5.69. The quantitative estimate of drug-likeness (QED) is 0.641. The molecular formula is C14H20ClN3O3. The Hall–Kier alpha value is -1.66. The Labute approximate surface area is 129 Å². The van der Waals surface area contributed by atoms with E-state index in [4.69, 9.17) is 0 Å². The Morgan fingerprint density at radius 1 is 1.48 bits per heavy atom. The maximum Gasteiger partial charge on any atom is 0.269 e. The highest BCUT2D eigenvalue weighted by atomic mass is 35.5. The van der Waals surface area contributed by atoms with Gasteiger partial charge < -0.3 is 10.6 Å². The van der Waals surface area contributed by atoms with Gasteiger partial charge in [0.2, 0.25) is 5.91 Å². The van der Waals surface area contributed by atoms with Crippen molar-refractivity contribution in [1.29, 1.82) is 0 Å². The summed E-state index contributed by atoms with van der Waals surface area (Å²) < 4.78 is 0. The molecule has 2 rings (SSSR count). The minimum atomic E-state index is -0.419. The van der Waals surface area contributed by atoms with Crippen LogP contribution in [0.4, 0.5) is 5.69 Å². The standard InChI is InChI=1S/C14H19N3O3.ClH/c18-14(16-12-4-2-8-15-10-12)7-6-11-3-1-5-13(9-11)17(19)20;/h1,3,5,9,12,15H,2,4,6-8,10H2,(H,16,18);1H. The van der Waals surface area contributed by atoms with Gasteiger partial charge in [-0.1, -0.05) is 12.1 Å². The largest absolute Gasteiger partial charge is 0.352 e. The molecule has 1 aliphatic heterocycles. The zero-order valence-electron chi connectivity index (χ0n) is 11.7. The first-order chi connectivity index (χ1) is 9.65. The Balaban J connectivity index is 0.00000220. The molecule has 1 atom stereocenters. The van der Waals surface area contributed by atoms with Gasteiger partial charge in [-0.25, -0.2) is 0 Å². The number of non-ortho nitro benzene ring substituents is 1. The number of carbonyl (C=O) groups excluding carboxylic acids is 1. The summed E-state index contributed by atoms with van der Waals surface area (Å²) >= 11 is 0.